The molecule has 0 aromatic rings. The normalized spacial score (nSPS) is 11.7. The van der Waals surface area contributed by atoms with Gasteiger partial charge in [-0.2, -0.15) is 0 Å². The van der Waals surface area contributed by atoms with Gasteiger partial charge in [0, 0.05) is 0 Å². The Labute approximate surface area is 137 Å². The minimum atomic E-state index is -0.746. The van der Waals surface area contributed by atoms with Crippen LogP contribution in [0.3, 0.4) is 0 Å². The predicted molar refractivity (Wildman–Crippen MR) is 96.2 cm³/mol. The van der Waals surface area contributed by atoms with Gasteiger partial charge in [0.05, 0.1) is 6.42 Å². The lowest BCUT2D eigenvalue weighted by molar-refractivity contribution is -0.136. The van der Waals surface area contributed by atoms with Crippen LogP contribution in [0.4, 0.5) is 0 Å². The molecule has 0 saturated carbocycles. The second kappa shape index (κ2) is 18.0. The van der Waals surface area contributed by atoms with Crippen molar-refractivity contribution in [3.8, 4) is 0 Å². The molecule has 2 nitrogen and oxygen atoms in total. The summed E-state index contributed by atoms with van der Waals surface area (Å²) in [6.07, 6.45) is 25.4. The van der Waals surface area contributed by atoms with Gasteiger partial charge in [-0.3, -0.25) is 4.79 Å². The van der Waals surface area contributed by atoms with E-state index in [9.17, 15) is 4.79 Å². The van der Waals surface area contributed by atoms with Crippen LogP contribution in [0.1, 0.15) is 96.8 Å². The molecule has 0 aliphatic heterocycles. The zero-order chi connectivity index (χ0) is 16.3. The number of hydrogen-bond donors (Lipinski definition) is 1. The lowest BCUT2D eigenvalue weighted by atomic mass is 10.1. The van der Waals surface area contributed by atoms with Gasteiger partial charge in [-0.15, -0.1) is 0 Å². The Bertz CT molecular complexity index is 292. The Morgan fingerprint density at radius 3 is 1.55 bits per heavy atom. The van der Waals surface area contributed by atoms with Crippen molar-refractivity contribution >= 4 is 5.97 Å². The highest BCUT2D eigenvalue weighted by Gasteiger charge is 1.91. The molecule has 22 heavy (non-hydrogen) atoms. The predicted octanol–water partition coefficient (Wildman–Crippen LogP) is 6.66. The third-order valence-electron chi connectivity index (χ3n) is 3.84. The van der Waals surface area contributed by atoms with Crippen LogP contribution >= 0.6 is 0 Å². The quantitative estimate of drug-likeness (QED) is 0.255. The molecule has 0 aliphatic rings. The number of unbranched alkanes of at least 4 members (excludes halogenated alkanes) is 11. The molecule has 0 aromatic heterocycles. The summed E-state index contributed by atoms with van der Waals surface area (Å²) in [5.74, 6) is -0.746. The van der Waals surface area contributed by atoms with Gasteiger partial charge < -0.3 is 5.11 Å². The summed E-state index contributed by atoms with van der Waals surface area (Å²) in [4.78, 5) is 10.3. The van der Waals surface area contributed by atoms with Crippen LogP contribution in [0, 0.1) is 0 Å². The van der Waals surface area contributed by atoms with Gasteiger partial charge in [0.25, 0.3) is 0 Å². The van der Waals surface area contributed by atoms with Gasteiger partial charge in [0.2, 0.25) is 0 Å². The van der Waals surface area contributed by atoms with E-state index in [1.807, 2.05) is 6.08 Å². The van der Waals surface area contributed by atoms with Crippen molar-refractivity contribution in [2.45, 2.75) is 96.8 Å². The molecule has 0 heterocycles. The third-order valence-corrected chi connectivity index (χ3v) is 3.84. The first-order valence-electron chi connectivity index (χ1n) is 9.29. The first-order valence-corrected chi connectivity index (χ1v) is 9.29. The SMILES string of the molecule is CCCCCCCCC=CCCCCCCC=CCC(=O)O. The van der Waals surface area contributed by atoms with E-state index < -0.39 is 5.97 Å². The topological polar surface area (TPSA) is 37.3 Å². The Kier molecular flexibility index (Phi) is 17.1. The summed E-state index contributed by atoms with van der Waals surface area (Å²) >= 11 is 0. The number of hydrogen-bond acceptors (Lipinski definition) is 1. The number of carbonyl (C=O) groups is 1. The molecule has 0 radical (unpaired) electrons. The first-order chi connectivity index (χ1) is 10.8. The van der Waals surface area contributed by atoms with Crippen LogP contribution in [0.25, 0.3) is 0 Å². The van der Waals surface area contributed by atoms with Gasteiger partial charge in [0.15, 0.2) is 0 Å². The molecule has 0 atom stereocenters. The average Bonchev–Trinajstić information content (AvgIpc) is 2.50. The van der Waals surface area contributed by atoms with E-state index in [2.05, 4.69) is 19.1 Å². The van der Waals surface area contributed by atoms with Crippen molar-refractivity contribution in [2.24, 2.45) is 0 Å². The van der Waals surface area contributed by atoms with E-state index in [-0.39, 0.29) is 6.42 Å². The Hall–Kier alpha value is -1.05. The fourth-order valence-electron chi connectivity index (χ4n) is 2.46. The number of allylic oxidation sites excluding steroid dienone is 3. The van der Waals surface area contributed by atoms with Crippen LogP contribution in [0.2, 0.25) is 0 Å². The largest absolute Gasteiger partial charge is 0.481 e. The van der Waals surface area contributed by atoms with Crippen molar-refractivity contribution < 1.29 is 9.90 Å². The Balaban J connectivity index is 3.14. The lowest BCUT2D eigenvalue weighted by Gasteiger charge is -1.98. The molecule has 0 saturated heterocycles. The van der Waals surface area contributed by atoms with E-state index in [1.165, 1.54) is 77.0 Å². The average molecular weight is 309 g/mol. The molecule has 128 valence electrons. The van der Waals surface area contributed by atoms with Crippen LogP contribution < -0.4 is 0 Å². The molecular weight excluding hydrogens is 272 g/mol. The molecule has 0 aromatic carbocycles. The summed E-state index contributed by atoms with van der Waals surface area (Å²) in [5, 5.41) is 8.48. The third kappa shape index (κ3) is 18.9. The van der Waals surface area contributed by atoms with E-state index in [0.717, 1.165) is 6.42 Å². The van der Waals surface area contributed by atoms with Gasteiger partial charge in [0.1, 0.15) is 0 Å². The molecule has 0 bridgehead atoms. The molecular formula is C20H36O2. The molecule has 0 rings (SSSR count). The molecule has 0 amide bonds. The fraction of sp³-hybridized carbons (Fsp3) is 0.750. The summed E-state index contributed by atoms with van der Waals surface area (Å²) in [7, 11) is 0. The second-order valence-corrected chi connectivity index (χ2v) is 6.09. The molecule has 2 heteroatoms. The van der Waals surface area contributed by atoms with E-state index in [1.54, 1.807) is 6.08 Å². The number of rotatable bonds is 16. The zero-order valence-electron chi connectivity index (χ0n) is 14.6. The van der Waals surface area contributed by atoms with E-state index in [0.29, 0.717) is 0 Å². The number of carboxylic acid groups (broad SMARTS) is 1. The summed E-state index contributed by atoms with van der Waals surface area (Å²) in [5.41, 5.74) is 0. The highest BCUT2D eigenvalue weighted by atomic mass is 16.4. The van der Waals surface area contributed by atoms with Crippen molar-refractivity contribution in [2.75, 3.05) is 0 Å². The monoisotopic (exact) mass is 308 g/mol. The Morgan fingerprint density at radius 1 is 0.682 bits per heavy atom. The fourth-order valence-corrected chi connectivity index (χ4v) is 2.46. The van der Waals surface area contributed by atoms with Crippen LogP contribution in [0.5, 0.6) is 0 Å². The van der Waals surface area contributed by atoms with Crippen LogP contribution in [-0.4, -0.2) is 11.1 Å². The highest BCUT2D eigenvalue weighted by Crippen LogP contribution is 2.09. The van der Waals surface area contributed by atoms with Gasteiger partial charge in [-0.1, -0.05) is 76.2 Å². The maximum atomic E-state index is 10.3. The molecule has 0 spiro atoms. The minimum Gasteiger partial charge on any atom is -0.481 e. The van der Waals surface area contributed by atoms with Crippen molar-refractivity contribution in [1.82, 2.24) is 0 Å². The van der Waals surface area contributed by atoms with Gasteiger partial charge in [-0.25, -0.2) is 0 Å². The number of carboxylic acids is 1. The van der Waals surface area contributed by atoms with Crippen molar-refractivity contribution in [3.05, 3.63) is 24.3 Å². The zero-order valence-corrected chi connectivity index (χ0v) is 14.6. The van der Waals surface area contributed by atoms with Crippen molar-refractivity contribution in [3.63, 3.8) is 0 Å². The standard InChI is InChI=1S/C20H36O2/c1-2-3-4-5-6-7-8-9-10-11-12-13-14-15-16-17-18-19-20(21)22/h9-10,17-18H,2-8,11-16,19H2,1H3,(H,21,22). The molecule has 1 N–H and O–H groups in total. The first kappa shape index (κ1) is 20.9. The smallest absolute Gasteiger partial charge is 0.307 e. The van der Waals surface area contributed by atoms with Gasteiger partial charge >= 0.3 is 5.97 Å². The summed E-state index contributed by atoms with van der Waals surface area (Å²) in [6.45, 7) is 2.26. The maximum absolute atomic E-state index is 10.3. The van der Waals surface area contributed by atoms with Crippen molar-refractivity contribution in [1.29, 1.82) is 0 Å². The second-order valence-electron chi connectivity index (χ2n) is 6.09. The minimum absolute atomic E-state index is 0.156. The number of aliphatic carboxylic acids is 1. The maximum Gasteiger partial charge on any atom is 0.307 e. The van der Waals surface area contributed by atoms with Crippen LogP contribution in [0.15, 0.2) is 24.3 Å². The van der Waals surface area contributed by atoms with Crippen LogP contribution in [-0.2, 0) is 4.79 Å². The molecule has 0 aliphatic carbocycles. The Morgan fingerprint density at radius 2 is 1.09 bits per heavy atom. The molecule has 0 unspecified atom stereocenters. The summed E-state index contributed by atoms with van der Waals surface area (Å²) in [6, 6.07) is 0. The summed E-state index contributed by atoms with van der Waals surface area (Å²) < 4.78 is 0. The van der Waals surface area contributed by atoms with E-state index >= 15 is 0 Å². The lowest BCUT2D eigenvalue weighted by Crippen LogP contribution is -1.89. The molecule has 0 fully saturated rings. The van der Waals surface area contributed by atoms with E-state index in [4.69, 9.17) is 5.11 Å². The van der Waals surface area contributed by atoms with Gasteiger partial charge in [-0.05, 0) is 38.5 Å². The highest BCUT2D eigenvalue weighted by molar-refractivity contribution is 5.68.